The van der Waals surface area contributed by atoms with E-state index in [9.17, 15) is 13.2 Å². The number of amides is 1. The van der Waals surface area contributed by atoms with Crippen LogP contribution in [0, 0.1) is 0 Å². The summed E-state index contributed by atoms with van der Waals surface area (Å²) in [6.45, 7) is 5.52. The van der Waals surface area contributed by atoms with Crippen LogP contribution >= 0.6 is 0 Å². The lowest BCUT2D eigenvalue weighted by Gasteiger charge is -2.10. The van der Waals surface area contributed by atoms with Crippen LogP contribution in [-0.4, -0.2) is 14.3 Å². The van der Waals surface area contributed by atoms with Crippen LogP contribution in [-0.2, 0) is 14.8 Å². The first-order chi connectivity index (χ1) is 10.8. The maximum absolute atomic E-state index is 12.4. The average Bonchev–Trinajstić information content (AvgIpc) is 2.48. The smallest absolute Gasteiger partial charge is 0.261 e. The molecule has 2 aromatic rings. The van der Waals surface area contributed by atoms with Crippen molar-refractivity contribution in [3.05, 3.63) is 54.1 Å². The second-order valence-corrected chi connectivity index (χ2v) is 7.27. The Morgan fingerprint density at radius 2 is 1.43 bits per heavy atom. The van der Waals surface area contributed by atoms with Gasteiger partial charge in [-0.25, -0.2) is 8.42 Å². The van der Waals surface area contributed by atoms with Gasteiger partial charge in [0.1, 0.15) is 0 Å². The first-order valence-corrected chi connectivity index (χ1v) is 8.76. The van der Waals surface area contributed by atoms with Crippen LogP contribution in [0.25, 0.3) is 0 Å². The minimum absolute atomic E-state index is 0.177. The molecule has 0 aliphatic carbocycles. The van der Waals surface area contributed by atoms with Crippen molar-refractivity contribution in [2.45, 2.75) is 31.6 Å². The Morgan fingerprint density at radius 1 is 0.913 bits per heavy atom. The van der Waals surface area contributed by atoms with E-state index in [-0.39, 0.29) is 10.8 Å². The first-order valence-electron chi connectivity index (χ1n) is 7.28. The van der Waals surface area contributed by atoms with Crippen molar-refractivity contribution in [3.63, 3.8) is 0 Å². The van der Waals surface area contributed by atoms with Crippen LogP contribution in [0.15, 0.2) is 53.4 Å². The molecule has 0 atom stereocenters. The molecule has 0 heterocycles. The minimum atomic E-state index is -3.63. The highest BCUT2D eigenvalue weighted by Gasteiger charge is 2.14. The molecule has 0 aromatic heterocycles. The lowest BCUT2D eigenvalue weighted by atomic mass is 10.0. The molecule has 0 unspecified atom stereocenters. The van der Waals surface area contributed by atoms with E-state index in [4.69, 9.17) is 0 Å². The topological polar surface area (TPSA) is 75.3 Å². The molecule has 0 saturated carbocycles. The van der Waals surface area contributed by atoms with Gasteiger partial charge in [-0.15, -0.1) is 0 Å². The lowest BCUT2D eigenvalue weighted by Crippen LogP contribution is -2.13. The normalized spacial score (nSPS) is 11.3. The maximum Gasteiger partial charge on any atom is 0.261 e. The molecule has 0 spiro atoms. The zero-order valence-electron chi connectivity index (χ0n) is 13.3. The quantitative estimate of drug-likeness (QED) is 0.879. The fourth-order valence-electron chi connectivity index (χ4n) is 2.07. The van der Waals surface area contributed by atoms with Crippen LogP contribution in [0.3, 0.4) is 0 Å². The zero-order chi connectivity index (χ0) is 17.0. The van der Waals surface area contributed by atoms with Gasteiger partial charge < -0.3 is 5.32 Å². The largest absolute Gasteiger partial charge is 0.326 e. The Kier molecular flexibility index (Phi) is 5.05. The summed E-state index contributed by atoms with van der Waals surface area (Å²) in [7, 11) is -3.63. The van der Waals surface area contributed by atoms with Crippen molar-refractivity contribution in [1.82, 2.24) is 0 Å². The van der Waals surface area contributed by atoms with E-state index >= 15 is 0 Å². The summed E-state index contributed by atoms with van der Waals surface area (Å²) in [6, 6.07) is 13.3. The second kappa shape index (κ2) is 6.83. The summed E-state index contributed by atoms with van der Waals surface area (Å²) in [5, 5.41) is 2.63. The molecule has 23 heavy (non-hydrogen) atoms. The molecule has 2 N–H and O–H groups in total. The van der Waals surface area contributed by atoms with E-state index in [1.54, 1.807) is 36.4 Å². The molecule has 0 aliphatic heterocycles. The van der Waals surface area contributed by atoms with E-state index < -0.39 is 10.0 Å². The maximum atomic E-state index is 12.4. The molecule has 5 nitrogen and oxygen atoms in total. The summed E-state index contributed by atoms with van der Waals surface area (Å²) in [5.74, 6) is 0.171. The molecule has 122 valence electrons. The van der Waals surface area contributed by atoms with Crippen LogP contribution in [0.4, 0.5) is 11.4 Å². The fraction of sp³-hybridized carbons (Fsp3) is 0.235. The first kappa shape index (κ1) is 17.0. The van der Waals surface area contributed by atoms with Gasteiger partial charge in [-0.3, -0.25) is 9.52 Å². The summed E-state index contributed by atoms with van der Waals surface area (Å²) < 4.78 is 27.3. The van der Waals surface area contributed by atoms with E-state index in [0.717, 1.165) is 5.56 Å². The number of benzene rings is 2. The van der Waals surface area contributed by atoms with Crippen molar-refractivity contribution in [3.8, 4) is 0 Å². The highest BCUT2D eigenvalue weighted by molar-refractivity contribution is 7.92. The number of rotatable bonds is 5. The zero-order valence-corrected chi connectivity index (χ0v) is 14.1. The number of hydrogen-bond donors (Lipinski definition) is 2. The summed E-state index contributed by atoms with van der Waals surface area (Å²) in [5.41, 5.74) is 2.14. The highest BCUT2D eigenvalue weighted by atomic mass is 32.2. The average molecular weight is 332 g/mol. The van der Waals surface area contributed by atoms with Crippen molar-refractivity contribution in [2.24, 2.45) is 0 Å². The van der Waals surface area contributed by atoms with Crippen LogP contribution in [0.5, 0.6) is 0 Å². The fourth-order valence-corrected chi connectivity index (χ4v) is 3.13. The van der Waals surface area contributed by atoms with Crippen LogP contribution in [0.1, 0.15) is 32.3 Å². The van der Waals surface area contributed by atoms with Gasteiger partial charge in [0.25, 0.3) is 10.0 Å². The third-order valence-corrected chi connectivity index (χ3v) is 4.71. The van der Waals surface area contributed by atoms with Gasteiger partial charge in [-0.2, -0.15) is 0 Å². The molecule has 2 aromatic carbocycles. The molecule has 6 heteroatoms. The van der Waals surface area contributed by atoms with Crippen molar-refractivity contribution < 1.29 is 13.2 Å². The minimum Gasteiger partial charge on any atom is -0.326 e. The van der Waals surface area contributed by atoms with E-state index in [1.807, 2.05) is 12.1 Å². The SMILES string of the molecule is CC(=O)Nc1ccc(NS(=O)(=O)c2ccc(C(C)C)cc2)cc1. The lowest BCUT2D eigenvalue weighted by molar-refractivity contribution is -0.114. The number of carbonyl (C=O) groups excluding carboxylic acids is 1. The number of nitrogens with one attached hydrogen (secondary N) is 2. The van der Waals surface area contributed by atoms with Crippen molar-refractivity contribution >= 4 is 27.3 Å². The molecule has 2 rings (SSSR count). The molecule has 0 aliphatic rings. The molecule has 0 bridgehead atoms. The third-order valence-electron chi connectivity index (χ3n) is 3.31. The number of sulfonamides is 1. The van der Waals surface area contributed by atoms with Crippen LogP contribution in [0.2, 0.25) is 0 Å². The van der Waals surface area contributed by atoms with Gasteiger partial charge in [-0.1, -0.05) is 26.0 Å². The standard InChI is InChI=1S/C17H20N2O3S/c1-12(2)14-4-10-17(11-5-14)23(21,22)19-16-8-6-15(7-9-16)18-13(3)20/h4-12,19H,1-3H3,(H,18,20). The number of hydrogen-bond acceptors (Lipinski definition) is 3. The Morgan fingerprint density at radius 3 is 1.91 bits per heavy atom. The second-order valence-electron chi connectivity index (χ2n) is 5.59. The summed E-state index contributed by atoms with van der Waals surface area (Å²) in [6.07, 6.45) is 0. The van der Waals surface area contributed by atoms with Gasteiger partial charge in [0, 0.05) is 18.3 Å². The van der Waals surface area contributed by atoms with Gasteiger partial charge in [0.15, 0.2) is 0 Å². The number of carbonyl (C=O) groups is 1. The van der Waals surface area contributed by atoms with E-state index in [1.165, 1.54) is 6.92 Å². The van der Waals surface area contributed by atoms with E-state index in [2.05, 4.69) is 23.9 Å². The molecular formula is C17H20N2O3S. The molecule has 0 saturated heterocycles. The summed E-state index contributed by atoms with van der Waals surface area (Å²) in [4.78, 5) is 11.2. The Balaban J connectivity index is 2.15. The number of anilines is 2. The predicted molar refractivity (Wildman–Crippen MR) is 92.1 cm³/mol. The Bertz CT molecular complexity index is 780. The predicted octanol–water partition coefficient (Wildman–Crippen LogP) is 3.57. The van der Waals surface area contributed by atoms with Gasteiger partial charge in [0.2, 0.25) is 5.91 Å². The third kappa shape index (κ3) is 4.56. The molecular weight excluding hydrogens is 312 g/mol. The van der Waals surface area contributed by atoms with Gasteiger partial charge in [-0.05, 0) is 47.9 Å². The molecule has 0 radical (unpaired) electrons. The highest BCUT2D eigenvalue weighted by Crippen LogP contribution is 2.21. The van der Waals surface area contributed by atoms with E-state index in [0.29, 0.717) is 17.3 Å². The Hall–Kier alpha value is -2.34. The summed E-state index contributed by atoms with van der Waals surface area (Å²) >= 11 is 0. The molecule has 0 fully saturated rings. The Labute approximate surface area is 136 Å². The van der Waals surface area contributed by atoms with Crippen molar-refractivity contribution in [1.29, 1.82) is 0 Å². The van der Waals surface area contributed by atoms with Crippen molar-refractivity contribution in [2.75, 3.05) is 10.0 Å². The monoisotopic (exact) mass is 332 g/mol. The van der Waals surface area contributed by atoms with Crippen LogP contribution < -0.4 is 10.0 Å². The van der Waals surface area contributed by atoms with Gasteiger partial charge >= 0.3 is 0 Å². The molecule has 1 amide bonds. The van der Waals surface area contributed by atoms with Gasteiger partial charge in [0.05, 0.1) is 4.90 Å².